The Kier molecular flexibility index (Phi) is 7.60. The highest BCUT2D eigenvalue weighted by atomic mass is 35.5. The van der Waals surface area contributed by atoms with Gasteiger partial charge in [0.2, 0.25) is 0 Å². The van der Waals surface area contributed by atoms with Gasteiger partial charge in [0.1, 0.15) is 0 Å². The lowest BCUT2D eigenvalue weighted by Gasteiger charge is -2.36. The molecule has 3 aromatic carbocycles. The largest absolute Gasteiger partial charge is 0.369 e. The number of rotatable bonds is 6. The summed E-state index contributed by atoms with van der Waals surface area (Å²) >= 11 is 7.54. The number of fused-ring (bicyclic) bond motifs is 1. The van der Waals surface area contributed by atoms with Gasteiger partial charge < -0.3 is 15.5 Å². The van der Waals surface area contributed by atoms with E-state index in [9.17, 15) is 9.59 Å². The van der Waals surface area contributed by atoms with E-state index >= 15 is 0 Å². The number of anilines is 2. The van der Waals surface area contributed by atoms with Crippen LogP contribution in [-0.4, -0.2) is 56.0 Å². The van der Waals surface area contributed by atoms with Gasteiger partial charge in [-0.1, -0.05) is 59.8 Å². The standard InChI is InChI=1S/C28H27ClN4O2S/c29-22-7-4-8-23(19-22)33-15-13-32(14-16-33)12-11-30-27(34)21-9-10-25-24(18-21)31-28(35)26(36-25)17-20-5-2-1-3-6-20/h1-10,17-19H,11-16H2,(H,30,34)(H,31,35). The number of piperazine rings is 1. The van der Waals surface area contributed by atoms with E-state index in [2.05, 4.69) is 26.5 Å². The van der Waals surface area contributed by atoms with Crippen molar-refractivity contribution in [2.24, 2.45) is 0 Å². The molecular formula is C28H27ClN4O2S. The monoisotopic (exact) mass is 518 g/mol. The average molecular weight is 519 g/mol. The highest BCUT2D eigenvalue weighted by molar-refractivity contribution is 8.04. The van der Waals surface area contributed by atoms with Crippen molar-refractivity contribution in [1.82, 2.24) is 10.2 Å². The first-order chi connectivity index (χ1) is 17.5. The van der Waals surface area contributed by atoms with Gasteiger partial charge in [-0.25, -0.2) is 0 Å². The van der Waals surface area contributed by atoms with Crippen molar-refractivity contribution >= 4 is 52.6 Å². The molecule has 184 valence electrons. The van der Waals surface area contributed by atoms with Gasteiger partial charge in [0.05, 0.1) is 10.6 Å². The molecule has 2 amide bonds. The van der Waals surface area contributed by atoms with Gasteiger partial charge in [-0.2, -0.15) is 0 Å². The lowest BCUT2D eigenvalue weighted by atomic mass is 10.1. The molecule has 0 radical (unpaired) electrons. The number of hydrogen-bond acceptors (Lipinski definition) is 5. The normalized spacial score (nSPS) is 17.0. The molecule has 0 atom stereocenters. The Hall–Kier alpha value is -3.26. The number of halogens is 1. The zero-order valence-corrected chi connectivity index (χ0v) is 21.3. The zero-order chi connectivity index (χ0) is 24.9. The Labute approximate surface area is 220 Å². The summed E-state index contributed by atoms with van der Waals surface area (Å²) in [5, 5.41) is 6.69. The maximum absolute atomic E-state index is 12.7. The van der Waals surface area contributed by atoms with E-state index in [1.807, 2.05) is 66.7 Å². The first kappa shape index (κ1) is 24.4. The molecule has 0 aromatic heterocycles. The maximum atomic E-state index is 12.7. The van der Waals surface area contributed by atoms with E-state index in [1.165, 1.54) is 11.8 Å². The molecule has 36 heavy (non-hydrogen) atoms. The fourth-order valence-electron chi connectivity index (χ4n) is 4.33. The van der Waals surface area contributed by atoms with Gasteiger partial charge in [-0.15, -0.1) is 0 Å². The number of benzene rings is 3. The zero-order valence-electron chi connectivity index (χ0n) is 19.7. The summed E-state index contributed by atoms with van der Waals surface area (Å²) in [5.74, 6) is -0.300. The summed E-state index contributed by atoms with van der Waals surface area (Å²) in [6.07, 6.45) is 1.87. The predicted octanol–water partition coefficient (Wildman–Crippen LogP) is 4.98. The highest BCUT2D eigenvalue weighted by Crippen LogP contribution is 2.39. The third kappa shape index (κ3) is 5.93. The summed E-state index contributed by atoms with van der Waals surface area (Å²) in [5.41, 5.74) is 3.33. The van der Waals surface area contributed by atoms with Crippen molar-refractivity contribution in [3.05, 3.63) is 93.9 Å². The molecule has 8 heteroatoms. The van der Waals surface area contributed by atoms with Gasteiger partial charge >= 0.3 is 0 Å². The molecule has 2 heterocycles. The first-order valence-corrected chi connectivity index (χ1v) is 13.2. The molecule has 0 bridgehead atoms. The summed E-state index contributed by atoms with van der Waals surface area (Å²) in [6.45, 7) is 5.08. The third-order valence-electron chi connectivity index (χ3n) is 6.29. The van der Waals surface area contributed by atoms with Crippen LogP contribution in [0.3, 0.4) is 0 Å². The Morgan fingerprint density at radius 2 is 1.81 bits per heavy atom. The predicted molar refractivity (Wildman–Crippen MR) is 148 cm³/mol. The Balaban J connectivity index is 1.12. The van der Waals surface area contributed by atoms with Crippen LogP contribution in [0.2, 0.25) is 5.02 Å². The van der Waals surface area contributed by atoms with E-state index in [0.29, 0.717) is 22.7 Å². The molecule has 2 aliphatic heterocycles. The van der Waals surface area contributed by atoms with E-state index in [1.54, 1.807) is 6.07 Å². The van der Waals surface area contributed by atoms with Crippen molar-refractivity contribution in [2.45, 2.75) is 4.90 Å². The minimum atomic E-state index is -0.161. The summed E-state index contributed by atoms with van der Waals surface area (Å²) in [7, 11) is 0. The molecule has 0 aliphatic carbocycles. The quantitative estimate of drug-likeness (QED) is 0.451. The topological polar surface area (TPSA) is 64.7 Å². The van der Waals surface area contributed by atoms with E-state index in [0.717, 1.165) is 53.9 Å². The van der Waals surface area contributed by atoms with Crippen LogP contribution in [0.25, 0.3) is 6.08 Å². The van der Waals surface area contributed by atoms with Crippen LogP contribution in [0.5, 0.6) is 0 Å². The lowest BCUT2D eigenvalue weighted by Crippen LogP contribution is -2.48. The van der Waals surface area contributed by atoms with E-state index in [-0.39, 0.29) is 11.8 Å². The van der Waals surface area contributed by atoms with Crippen LogP contribution in [0.1, 0.15) is 15.9 Å². The van der Waals surface area contributed by atoms with Gasteiger partial charge in [0.15, 0.2) is 0 Å². The van der Waals surface area contributed by atoms with Gasteiger partial charge in [0, 0.05) is 60.4 Å². The molecule has 1 fully saturated rings. The fraction of sp³-hybridized carbons (Fsp3) is 0.214. The number of carbonyl (C=O) groups is 2. The second-order valence-electron chi connectivity index (χ2n) is 8.75. The maximum Gasteiger partial charge on any atom is 0.262 e. The lowest BCUT2D eigenvalue weighted by molar-refractivity contribution is -0.112. The number of hydrogen-bond donors (Lipinski definition) is 2. The van der Waals surface area contributed by atoms with Crippen LogP contribution in [0, 0.1) is 0 Å². The summed E-state index contributed by atoms with van der Waals surface area (Å²) in [4.78, 5) is 31.6. The van der Waals surface area contributed by atoms with Crippen molar-refractivity contribution in [3.63, 3.8) is 0 Å². The number of thioether (sulfide) groups is 1. The fourth-order valence-corrected chi connectivity index (χ4v) is 5.45. The second-order valence-corrected chi connectivity index (χ2v) is 10.3. The minimum absolute atomic E-state index is 0.139. The Morgan fingerprint density at radius 1 is 1.00 bits per heavy atom. The molecule has 5 rings (SSSR count). The summed E-state index contributed by atoms with van der Waals surface area (Å²) in [6, 6.07) is 23.1. The minimum Gasteiger partial charge on any atom is -0.369 e. The van der Waals surface area contributed by atoms with Crippen LogP contribution in [-0.2, 0) is 4.79 Å². The number of amides is 2. The van der Waals surface area contributed by atoms with Crippen LogP contribution >= 0.6 is 23.4 Å². The average Bonchev–Trinajstić information content (AvgIpc) is 2.90. The second kappa shape index (κ2) is 11.2. The third-order valence-corrected chi connectivity index (χ3v) is 7.62. The van der Waals surface area contributed by atoms with Crippen molar-refractivity contribution < 1.29 is 9.59 Å². The van der Waals surface area contributed by atoms with Crippen molar-refractivity contribution in [2.75, 3.05) is 49.5 Å². The van der Waals surface area contributed by atoms with Crippen LogP contribution in [0.15, 0.2) is 82.6 Å². The molecule has 0 unspecified atom stereocenters. The van der Waals surface area contributed by atoms with E-state index in [4.69, 9.17) is 11.6 Å². The molecular weight excluding hydrogens is 492 g/mol. The molecule has 0 saturated carbocycles. The first-order valence-electron chi connectivity index (χ1n) is 12.0. The van der Waals surface area contributed by atoms with Crippen molar-refractivity contribution in [1.29, 1.82) is 0 Å². The number of nitrogens with one attached hydrogen (secondary N) is 2. The highest BCUT2D eigenvalue weighted by Gasteiger charge is 2.22. The Morgan fingerprint density at radius 3 is 2.58 bits per heavy atom. The van der Waals surface area contributed by atoms with Crippen molar-refractivity contribution in [3.8, 4) is 0 Å². The molecule has 6 nitrogen and oxygen atoms in total. The number of nitrogens with zero attached hydrogens (tertiary/aromatic N) is 2. The molecule has 0 spiro atoms. The molecule has 1 saturated heterocycles. The molecule has 2 aliphatic rings. The molecule has 2 N–H and O–H groups in total. The SMILES string of the molecule is O=C1Nc2cc(C(=O)NCCN3CCN(c4cccc(Cl)c4)CC3)ccc2SC1=Cc1ccccc1. The smallest absolute Gasteiger partial charge is 0.262 e. The Bertz CT molecular complexity index is 1290. The van der Waals surface area contributed by atoms with E-state index < -0.39 is 0 Å². The number of carbonyl (C=O) groups excluding carboxylic acids is 2. The van der Waals surface area contributed by atoms with Gasteiger partial charge in [0.25, 0.3) is 11.8 Å². The van der Waals surface area contributed by atoms with Crippen LogP contribution in [0.4, 0.5) is 11.4 Å². The summed E-state index contributed by atoms with van der Waals surface area (Å²) < 4.78 is 0. The van der Waals surface area contributed by atoms with Gasteiger partial charge in [-0.3, -0.25) is 14.5 Å². The molecule has 3 aromatic rings. The van der Waals surface area contributed by atoms with Crippen LogP contribution < -0.4 is 15.5 Å². The van der Waals surface area contributed by atoms with Gasteiger partial charge in [-0.05, 0) is 48.0 Å².